The normalized spacial score (nSPS) is 16.4. The van der Waals surface area contributed by atoms with Gasteiger partial charge in [0.25, 0.3) is 21.5 Å². The van der Waals surface area contributed by atoms with Gasteiger partial charge in [0.1, 0.15) is 18.2 Å². The van der Waals surface area contributed by atoms with E-state index in [1.54, 1.807) is 5.38 Å². The molecule has 2 aromatic carbocycles. The van der Waals surface area contributed by atoms with Gasteiger partial charge in [-0.25, -0.2) is 14.6 Å². The number of carbonyl (C=O) groups excluding carboxylic acids is 2. The molecule has 2 atom stereocenters. The minimum Gasteiger partial charge on any atom is -0.445 e. The van der Waals surface area contributed by atoms with Crippen molar-refractivity contribution in [2.24, 2.45) is 0 Å². The molecule has 1 aliphatic heterocycles. The summed E-state index contributed by atoms with van der Waals surface area (Å²) in [5, 5.41) is 26.3. The zero-order chi connectivity index (χ0) is 31.1. The molecule has 0 spiro atoms. The number of nitrogens with zero attached hydrogens (tertiary/aromatic N) is 4. The van der Waals surface area contributed by atoms with Crippen molar-refractivity contribution in [1.29, 1.82) is 0 Å². The third kappa shape index (κ3) is 8.90. The molecule has 0 aliphatic carbocycles. The molecule has 1 aromatic heterocycles. The Balaban J connectivity index is 1.35. The summed E-state index contributed by atoms with van der Waals surface area (Å²) < 4.78 is 39.1. The molecule has 3 aromatic rings. The Labute approximate surface area is 248 Å². The molecular weight excluding hydrogens is 610 g/mol. The van der Waals surface area contributed by atoms with Crippen molar-refractivity contribution in [1.82, 2.24) is 15.2 Å². The molecule has 228 valence electrons. The van der Waals surface area contributed by atoms with Crippen LogP contribution in [0.15, 0.2) is 53.9 Å². The van der Waals surface area contributed by atoms with Gasteiger partial charge in [-0.2, -0.15) is 8.42 Å². The summed E-state index contributed by atoms with van der Waals surface area (Å²) in [5.74, 6) is 0. The van der Waals surface area contributed by atoms with Crippen LogP contribution < -0.4 is 5.32 Å². The number of nitro groups is 2. The number of benzene rings is 2. The van der Waals surface area contributed by atoms with Crippen LogP contribution in [-0.2, 0) is 43.5 Å². The fourth-order valence-corrected chi connectivity index (χ4v) is 5.70. The quantitative estimate of drug-likeness (QED) is 0.181. The van der Waals surface area contributed by atoms with E-state index >= 15 is 0 Å². The maximum Gasteiger partial charge on any atom is 0.410 e. The first-order chi connectivity index (χ1) is 20.4. The van der Waals surface area contributed by atoms with Crippen LogP contribution in [0.1, 0.15) is 34.3 Å². The van der Waals surface area contributed by atoms with Crippen molar-refractivity contribution in [3.63, 3.8) is 0 Å². The van der Waals surface area contributed by atoms with E-state index < -0.39 is 44.3 Å². The average Bonchev–Trinajstić information content (AvgIpc) is 3.60. The fraction of sp³-hybridized carbons (Fsp3) is 0.320. The van der Waals surface area contributed by atoms with Crippen LogP contribution in [-0.4, -0.2) is 59.2 Å². The highest BCUT2D eigenvalue weighted by Crippen LogP contribution is 2.36. The van der Waals surface area contributed by atoms with Gasteiger partial charge in [0.2, 0.25) is 0 Å². The van der Waals surface area contributed by atoms with Crippen molar-refractivity contribution in [3.05, 3.63) is 96.0 Å². The number of thiazole rings is 1. The lowest BCUT2D eigenvalue weighted by Gasteiger charge is -2.22. The lowest BCUT2D eigenvalue weighted by Crippen LogP contribution is -2.33. The van der Waals surface area contributed by atoms with E-state index in [2.05, 4.69) is 10.3 Å². The SMILES string of the molecule is CS(=O)(=O)O[C@@H]1C[C@@H](c2nc(CNC(=O)OCc3ccc([N+](=O)[O-])cc3)cs2)N(C(=O)OCc2ccc([N+](=O)[O-])cc2)C1. The third-order valence-electron chi connectivity index (χ3n) is 6.10. The van der Waals surface area contributed by atoms with Gasteiger partial charge in [-0.1, -0.05) is 0 Å². The lowest BCUT2D eigenvalue weighted by atomic mass is 10.2. The molecule has 1 saturated heterocycles. The van der Waals surface area contributed by atoms with Crippen LogP contribution in [0.4, 0.5) is 21.0 Å². The Morgan fingerprint density at radius 3 is 2.09 bits per heavy atom. The van der Waals surface area contributed by atoms with Crippen molar-refractivity contribution in [3.8, 4) is 0 Å². The summed E-state index contributed by atoms with van der Waals surface area (Å²) in [6.45, 7) is -0.366. The number of amides is 2. The molecule has 1 fully saturated rings. The van der Waals surface area contributed by atoms with E-state index in [4.69, 9.17) is 13.7 Å². The van der Waals surface area contributed by atoms with Gasteiger partial charge in [-0.15, -0.1) is 11.3 Å². The van der Waals surface area contributed by atoms with Crippen LogP contribution in [0.2, 0.25) is 0 Å². The highest BCUT2D eigenvalue weighted by Gasteiger charge is 2.40. The van der Waals surface area contributed by atoms with Crippen LogP contribution in [0.3, 0.4) is 0 Å². The number of nitro benzene ring substituents is 2. The van der Waals surface area contributed by atoms with Crippen molar-refractivity contribution < 1.29 is 41.5 Å². The third-order valence-corrected chi connectivity index (χ3v) is 7.72. The number of non-ortho nitro benzene ring substituents is 2. The van der Waals surface area contributed by atoms with E-state index in [0.717, 1.165) is 6.26 Å². The summed E-state index contributed by atoms with van der Waals surface area (Å²) in [5.41, 5.74) is 1.34. The molecule has 0 radical (unpaired) electrons. The maximum absolute atomic E-state index is 13.0. The second-order valence-electron chi connectivity index (χ2n) is 9.33. The van der Waals surface area contributed by atoms with Gasteiger partial charge in [0.15, 0.2) is 0 Å². The summed E-state index contributed by atoms with van der Waals surface area (Å²) in [4.78, 5) is 51.5. The molecule has 18 heteroatoms. The van der Waals surface area contributed by atoms with Gasteiger partial charge in [0.05, 0.1) is 47.0 Å². The van der Waals surface area contributed by atoms with Crippen molar-refractivity contribution in [2.75, 3.05) is 12.8 Å². The number of hydrogen-bond donors (Lipinski definition) is 1. The van der Waals surface area contributed by atoms with E-state index in [1.807, 2.05) is 0 Å². The summed E-state index contributed by atoms with van der Waals surface area (Å²) in [6.07, 6.45) is -1.31. The molecule has 43 heavy (non-hydrogen) atoms. The zero-order valence-electron chi connectivity index (χ0n) is 22.5. The monoisotopic (exact) mass is 635 g/mol. The topological polar surface area (TPSA) is 210 Å². The lowest BCUT2D eigenvalue weighted by molar-refractivity contribution is -0.385. The van der Waals surface area contributed by atoms with Crippen LogP contribution in [0.25, 0.3) is 0 Å². The second-order valence-corrected chi connectivity index (χ2v) is 11.8. The Morgan fingerprint density at radius 1 is 1.00 bits per heavy atom. The first kappa shape index (κ1) is 31.3. The highest BCUT2D eigenvalue weighted by atomic mass is 32.2. The van der Waals surface area contributed by atoms with Gasteiger partial charge < -0.3 is 14.8 Å². The van der Waals surface area contributed by atoms with E-state index in [1.165, 1.54) is 64.8 Å². The molecule has 0 unspecified atom stereocenters. The van der Waals surface area contributed by atoms with Gasteiger partial charge in [-0.05, 0) is 35.4 Å². The smallest absolute Gasteiger partial charge is 0.410 e. The number of alkyl carbamates (subject to hydrolysis) is 1. The second kappa shape index (κ2) is 13.5. The van der Waals surface area contributed by atoms with Crippen molar-refractivity contribution in [2.45, 2.75) is 38.3 Å². The molecule has 2 heterocycles. The Morgan fingerprint density at radius 2 is 1.56 bits per heavy atom. The predicted molar refractivity (Wildman–Crippen MR) is 149 cm³/mol. The Hall–Kier alpha value is -4.68. The number of likely N-dealkylation sites (tertiary alicyclic amines) is 1. The standard InChI is InChI=1S/C25H25N5O11S2/c1-43(37,38)41-21-10-22(28(12-21)25(32)40-14-17-4-8-20(9-5-17)30(35)36)23-27-18(15-42-23)11-26-24(31)39-13-16-2-6-19(7-3-16)29(33)34/h2-9,15,21-22H,10-14H2,1H3,(H,26,31)/t21-,22+/m1/s1. The predicted octanol–water partition coefficient (Wildman–Crippen LogP) is 3.81. The molecule has 16 nitrogen and oxygen atoms in total. The number of aromatic nitrogens is 1. The molecule has 4 rings (SSSR count). The highest BCUT2D eigenvalue weighted by molar-refractivity contribution is 7.86. The van der Waals surface area contributed by atoms with E-state index in [0.29, 0.717) is 21.8 Å². The minimum atomic E-state index is -3.82. The largest absolute Gasteiger partial charge is 0.445 e. The van der Waals surface area contributed by atoms with Crippen LogP contribution in [0, 0.1) is 20.2 Å². The Bertz CT molecular complexity index is 1590. The first-order valence-corrected chi connectivity index (χ1v) is 15.2. The molecular formula is C25H25N5O11S2. The maximum atomic E-state index is 13.0. The molecule has 0 bridgehead atoms. The van der Waals surface area contributed by atoms with Crippen LogP contribution >= 0.6 is 11.3 Å². The number of nitrogens with one attached hydrogen (secondary N) is 1. The van der Waals surface area contributed by atoms with Gasteiger partial charge in [-0.3, -0.25) is 29.3 Å². The molecule has 0 saturated carbocycles. The number of hydrogen-bond acceptors (Lipinski definition) is 13. The summed E-state index contributed by atoms with van der Waals surface area (Å²) >= 11 is 1.20. The van der Waals surface area contributed by atoms with E-state index in [-0.39, 0.29) is 44.1 Å². The number of ether oxygens (including phenoxy) is 2. The fourth-order valence-electron chi connectivity index (χ4n) is 4.13. The van der Waals surface area contributed by atoms with Gasteiger partial charge in [0, 0.05) is 36.1 Å². The first-order valence-electron chi connectivity index (χ1n) is 12.5. The summed E-state index contributed by atoms with van der Waals surface area (Å²) in [7, 11) is -3.82. The average molecular weight is 636 g/mol. The molecule has 2 amide bonds. The molecule has 1 N–H and O–H groups in total. The molecule has 1 aliphatic rings. The number of rotatable bonds is 11. The number of carbonyl (C=O) groups is 2. The van der Waals surface area contributed by atoms with Crippen LogP contribution in [0.5, 0.6) is 0 Å². The Kier molecular flexibility index (Phi) is 9.84. The zero-order valence-corrected chi connectivity index (χ0v) is 24.1. The minimum absolute atomic E-state index is 0.00380. The van der Waals surface area contributed by atoms with E-state index in [9.17, 15) is 38.2 Å². The van der Waals surface area contributed by atoms with Crippen molar-refractivity contribution >= 4 is 45.0 Å². The summed E-state index contributed by atoms with van der Waals surface area (Å²) in [6, 6.07) is 10.4. The van der Waals surface area contributed by atoms with Gasteiger partial charge >= 0.3 is 12.2 Å².